The molecule has 1 aliphatic rings. The fraction of sp³-hybridized carbons (Fsp3) is 0.222. The molecule has 2 aromatic carbocycles. The van der Waals surface area contributed by atoms with Crippen molar-refractivity contribution in [2.45, 2.75) is 19.4 Å². The predicted octanol–water partition coefficient (Wildman–Crippen LogP) is 2.55. The molecule has 1 heterocycles. The molecule has 0 aromatic heterocycles. The second-order valence-electron chi connectivity index (χ2n) is 6.10. The fourth-order valence-corrected chi connectivity index (χ4v) is 2.89. The van der Waals surface area contributed by atoms with Gasteiger partial charge in [-0.05, 0) is 36.2 Å². The molecule has 0 bridgehead atoms. The molecule has 1 fully saturated rings. The minimum Gasteiger partial charge on any atom is -0.393 e. The molecule has 26 heavy (non-hydrogen) atoms. The van der Waals surface area contributed by atoms with Crippen LogP contribution in [0.5, 0.6) is 0 Å². The van der Waals surface area contributed by atoms with Crippen molar-refractivity contribution in [3.63, 3.8) is 0 Å². The number of likely N-dealkylation sites (tertiary alicyclic amines) is 1. The Labute approximate surface area is 149 Å². The van der Waals surface area contributed by atoms with Crippen LogP contribution < -0.4 is 11.1 Å². The zero-order valence-electron chi connectivity index (χ0n) is 14.0. The zero-order valence-corrected chi connectivity index (χ0v) is 14.0. The molecule has 2 aromatic rings. The van der Waals surface area contributed by atoms with E-state index in [0.29, 0.717) is 18.7 Å². The Morgan fingerprint density at radius 2 is 2.08 bits per heavy atom. The first-order valence-electron chi connectivity index (χ1n) is 8.16. The van der Waals surface area contributed by atoms with Crippen molar-refractivity contribution in [2.24, 2.45) is 0 Å². The van der Waals surface area contributed by atoms with Crippen molar-refractivity contribution >= 4 is 28.9 Å². The Morgan fingerprint density at radius 1 is 1.27 bits per heavy atom. The summed E-state index contributed by atoms with van der Waals surface area (Å²) < 4.78 is 0. The van der Waals surface area contributed by atoms with Gasteiger partial charge in [0.15, 0.2) is 0 Å². The molecule has 8 nitrogen and oxygen atoms in total. The van der Waals surface area contributed by atoms with Crippen LogP contribution in [0.25, 0.3) is 0 Å². The number of anilines is 2. The topological polar surface area (TPSA) is 119 Å². The van der Waals surface area contributed by atoms with E-state index in [-0.39, 0.29) is 22.8 Å². The monoisotopic (exact) mass is 354 g/mol. The first-order chi connectivity index (χ1) is 12.4. The van der Waals surface area contributed by atoms with Crippen molar-refractivity contribution in [1.29, 1.82) is 0 Å². The van der Waals surface area contributed by atoms with Crippen LogP contribution in [0.1, 0.15) is 28.8 Å². The largest absolute Gasteiger partial charge is 0.393 e. The fourth-order valence-electron chi connectivity index (χ4n) is 2.89. The Kier molecular flexibility index (Phi) is 4.83. The molecular weight excluding hydrogens is 336 g/mol. The lowest BCUT2D eigenvalue weighted by Crippen LogP contribution is -2.23. The second kappa shape index (κ2) is 7.22. The average Bonchev–Trinajstić information content (AvgIpc) is 3.00. The summed E-state index contributed by atoms with van der Waals surface area (Å²) >= 11 is 0. The van der Waals surface area contributed by atoms with Crippen molar-refractivity contribution < 1.29 is 14.5 Å². The molecule has 0 atom stereocenters. The van der Waals surface area contributed by atoms with Crippen LogP contribution in [0.4, 0.5) is 17.1 Å². The number of rotatable bonds is 5. The van der Waals surface area contributed by atoms with Gasteiger partial charge in [-0.15, -0.1) is 0 Å². The van der Waals surface area contributed by atoms with Crippen LogP contribution in [0.3, 0.4) is 0 Å². The Balaban J connectivity index is 1.73. The van der Waals surface area contributed by atoms with Gasteiger partial charge in [0.25, 0.3) is 11.6 Å². The van der Waals surface area contributed by atoms with Gasteiger partial charge < -0.3 is 16.0 Å². The number of nitrogen functional groups attached to an aromatic ring is 1. The second-order valence-corrected chi connectivity index (χ2v) is 6.10. The van der Waals surface area contributed by atoms with E-state index in [1.165, 1.54) is 12.1 Å². The Morgan fingerprint density at radius 3 is 2.77 bits per heavy atom. The molecule has 0 unspecified atom stereocenters. The molecule has 3 rings (SSSR count). The lowest BCUT2D eigenvalue weighted by molar-refractivity contribution is -0.383. The summed E-state index contributed by atoms with van der Waals surface area (Å²) in [6.07, 6.45) is 1.44. The van der Waals surface area contributed by atoms with Crippen LogP contribution in [0.15, 0.2) is 42.5 Å². The molecule has 1 saturated heterocycles. The van der Waals surface area contributed by atoms with E-state index in [2.05, 4.69) is 5.32 Å². The lowest BCUT2D eigenvalue weighted by Gasteiger charge is -2.16. The number of carbonyl (C=O) groups is 2. The Hall–Kier alpha value is -3.42. The smallest absolute Gasteiger partial charge is 0.292 e. The van der Waals surface area contributed by atoms with E-state index < -0.39 is 10.8 Å². The first kappa shape index (κ1) is 17.4. The summed E-state index contributed by atoms with van der Waals surface area (Å²) in [5, 5.41) is 13.7. The number of benzene rings is 2. The van der Waals surface area contributed by atoms with E-state index in [1.54, 1.807) is 23.1 Å². The normalized spacial score (nSPS) is 13.7. The van der Waals surface area contributed by atoms with E-state index in [4.69, 9.17) is 5.73 Å². The molecular formula is C18H18N4O4. The first-order valence-corrected chi connectivity index (χ1v) is 8.16. The minimum absolute atomic E-state index is 0.00354. The van der Waals surface area contributed by atoms with Crippen molar-refractivity contribution in [2.75, 3.05) is 17.6 Å². The van der Waals surface area contributed by atoms with E-state index in [1.807, 2.05) is 6.07 Å². The predicted molar refractivity (Wildman–Crippen MR) is 96.6 cm³/mol. The molecule has 8 heteroatoms. The van der Waals surface area contributed by atoms with Gasteiger partial charge in [0, 0.05) is 36.8 Å². The summed E-state index contributed by atoms with van der Waals surface area (Å²) in [6.45, 7) is 1.24. The number of hydrogen-bond donors (Lipinski definition) is 2. The van der Waals surface area contributed by atoms with Gasteiger partial charge in [-0.2, -0.15) is 0 Å². The third-order valence-corrected chi connectivity index (χ3v) is 4.22. The molecule has 0 saturated carbocycles. The van der Waals surface area contributed by atoms with Crippen LogP contribution >= 0.6 is 0 Å². The van der Waals surface area contributed by atoms with E-state index in [9.17, 15) is 19.7 Å². The SMILES string of the molecule is Nc1ccc(C(=O)Nc2cccc(CN3CCCC3=O)c2)cc1[N+](=O)[O-]. The molecule has 1 aliphatic heterocycles. The quantitative estimate of drug-likeness (QED) is 0.486. The summed E-state index contributed by atoms with van der Waals surface area (Å²) in [5.41, 5.74) is 6.85. The Bertz CT molecular complexity index is 881. The number of nitrogens with zero attached hydrogens (tertiary/aromatic N) is 2. The van der Waals surface area contributed by atoms with E-state index in [0.717, 1.165) is 24.6 Å². The molecule has 134 valence electrons. The van der Waals surface area contributed by atoms with Gasteiger partial charge in [0.1, 0.15) is 5.69 Å². The maximum atomic E-state index is 12.4. The van der Waals surface area contributed by atoms with Gasteiger partial charge in [0.05, 0.1) is 4.92 Å². The molecule has 2 amide bonds. The molecule has 3 N–H and O–H groups in total. The molecule has 0 radical (unpaired) electrons. The van der Waals surface area contributed by atoms with Crippen LogP contribution in [-0.2, 0) is 11.3 Å². The van der Waals surface area contributed by atoms with Gasteiger partial charge in [-0.3, -0.25) is 19.7 Å². The van der Waals surface area contributed by atoms with Crippen molar-refractivity contribution in [3.05, 3.63) is 63.7 Å². The minimum atomic E-state index is -0.625. The summed E-state index contributed by atoms with van der Waals surface area (Å²) in [4.78, 5) is 36.2. The highest BCUT2D eigenvalue weighted by Gasteiger charge is 2.20. The summed E-state index contributed by atoms with van der Waals surface area (Å²) in [6, 6.07) is 11.1. The molecule has 0 aliphatic carbocycles. The number of hydrogen-bond acceptors (Lipinski definition) is 5. The third-order valence-electron chi connectivity index (χ3n) is 4.22. The number of nitrogens with one attached hydrogen (secondary N) is 1. The highest BCUT2D eigenvalue weighted by molar-refractivity contribution is 6.05. The maximum Gasteiger partial charge on any atom is 0.292 e. The highest BCUT2D eigenvalue weighted by Crippen LogP contribution is 2.23. The number of carbonyl (C=O) groups excluding carboxylic acids is 2. The zero-order chi connectivity index (χ0) is 18.7. The van der Waals surface area contributed by atoms with Gasteiger partial charge in [-0.1, -0.05) is 12.1 Å². The summed E-state index contributed by atoms with van der Waals surface area (Å²) in [5.74, 6) is -0.337. The van der Waals surface area contributed by atoms with Crippen LogP contribution in [-0.4, -0.2) is 28.2 Å². The van der Waals surface area contributed by atoms with Gasteiger partial charge in [-0.25, -0.2) is 0 Å². The number of nitro groups is 1. The average molecular weight is 354 g/mol. The summed E-state index contributed by atoms with van der Waals surface area (Å²) in [7, 11) is 0. The third kappa shape index (κ3) is 3.80. The number of nitrogens with two attached hydrogens (primary N) is 1. The van der Waals surface area contributed by atoms with Crippen molar-refractivity contribution in [1.82, 2.24) is 4.90 Å². The van der Waals surface area contributed by atoms with Crippen LogP contribution in [0, 0.1) is 10.1 Å². The standard InChI is InChI=1S/C18H18N4O4/c19-15-7-6-13(10-16(15)22(25)26)18(24)20-14-4-1-3-12(9-14)11-21-8-2-5-17(21)23/h1,3-4,6-7,9-10H,2,5,8,11,19H2,(H,20,24). The number of nitro benzene ring substituents is 1. The lowest BCUT2D eigenvalue weighted by atomic mass is 10.1. The van der Waals surface area contributed by atoms with E-state index >= 15 is 0 Å². The van der Waals surface area contributed by atoms with Gasteiger partial charge >= 0.3 is 0 Å². The molecule has 0 spiro atoms. The number of amides is 2. The van der Waals surface area contributed by atoms with Crippen LogP contribution in [0.2, 0.25) is 0 Å². The van der Waals surface area contributed by atoms with Gasteiger partial charge in [0.2, 0.25) is 5.91 Å². The highest BCUT2D eigenvalue weighted by atomic mass is 16.6. The maximum absolute atomic E-state index is 12.4. The van der Waals surface area contributed by atoms with Crippen molar-refractivity contribution in [3.8, 4) is 0 Å².